The Hall–Kier alpha value is -4.04. The first kappa shape index (κ1) is 21.2. The van der Waals surface area contributed by atoms with Crippen LogP contribution in [0.15, 0.2) is 27.9 Å². The second-order valence-corrected chi connectivity index (χ2v) is 6.76. The number of anilines is 1. The van der Waals surface area contributed by atoms with Gasteiger partial charge in [0.1, 0.15) is 0 Å². The van der Waals surface area contributed by atoms with Gasteiger partial charge in [0, 0.05) is 25.2 Å². The van der Waals surface area contributed by atoms with Crippen LogP contribution in [0.4, 0.5) is 5.82 Å². The summed E-state index contributed by atoms with van der Waals surface area (Å²) in [5.41, 5.74) is 9.02. The molecule has 0 saturated carbocycles. The maximum atomic E-state index is 12.8. The molecule has 0 spiro atoms. The van der Waals surface area contributed by atoms with Gasteiger partial charge in [-0.05, 0) is 22.4 Å². The Balaban J connectivity index is 1.57. The van der Waals surface area contributed by atoms with Crippen molar-refractivity contribution in [2.45, 2.75) is 6.54 Å². The van der Waals surface area contributed by atoms with E-state index in [0.29, 0.717) is 44.1 Å². The number of carbonyl (C=O) groups is 1. The minimum Gasteiger partial charge on any atom is -0.504 e. The molecule has 0 bridgehead atoms. The minimum atomic E-state index is -0.604. The van der Waals surface area contributed by atoms with Crippen LogP contribution >= 0.6 is 0 Å². The van der Waals surface area contributed by atoms with E-state index >= 15 is 0 Å². The molecule has 2 aromatic heterocycles. The second-order valence-electron chi connectivity index (χ2n) is 6.76. The Morgan fingerprint density at radius 2 is 2.19 bits per heavy atom. The van der Waals surface area contributed by atoms with Crippen molar-refractivity contribution in [1.82, 2.24) is 35.6 Å². The summed E-state index contributed by atoms with van der Waals surface area (Å²) >= 11 is 0. The molecule has 3 aromatic rings. The molecule has 168 valence electrons. The molecule has 0 unspecified atom stereocenters. The maximum absolute atomic E-state index is 12.8. The first-order chi connectivity index (χ1) is 15.6. The summed E-state index contributed by atoms with van der Waals surface area (Å²) in [6.45, 7) is 2.83. The molecule has 4 N–H and O–H groups in total. The van der Waals surface area contributed by atoms with Crippen molar-refractivity contribution in [3.05, 3.63) is 35.2 Å². The van der Waals surface area contributed by atoms with E-state index in [2.05, 4.69) is 40.7 Å². The van der Waals surface area contributed by atoms with Crippen LogP contribution in [0.5, 0.6) is 11.5 Å². The van der Waals surface area contributed by atoms with E-state index in [1.54, 1.807) is 18.2 Å². The van der Waals surface area contributed by atoms with Crippen LogP contribution < -0.4 is 15.9 Å². The number of para-hydroxylation sites is 1. The third-order valence-electron chi connectivity index (χ3n) is 4.77. The number of hydrogen-bond donors (Lipinski definition) is 3. The van der Waals surface area contributed by atoms with E-state index in [9.17, 15) is 9.90 Å². The summed E-state index contributed by atoms with van der Waals surface area (Å²) in [4.78, 5) is 14.9. The van der Waals surface area contributed by atoms with Gasteiger partial charge in [-0.2, -0.15) is 9.78 Å². The quantitative estimate of drug-likeness (QED) is 0.318. The molecular weight excluding hydrogens is 422 g/mol. The number of nitrogen functional groups attached to an aromatic ring is 1. The number of aromatic nitrogens is 5. The lowest BCUT2D eigenvalue weighted by molar-refractivity contribution is 0.0332. The SMILES string of the molecule is COc1cccc(/C=N\NC(=O)c2nnn(-c3nonc3N)c2CN2CCOCC2)c1O. The third-order valence-corrected chi connectivity index (χ3v) is 4.77. The van der Waals surface area contributed by atoms with Gasteiger partial charge in [-0.1, -0.05) is 11.3 Å². The number of phenols is 1. The van der Waals surface area contributed by atoms with Crippen LogP contribution in [-0.2, 0) is 11.3 Å². The Morgan fingerprint density at radius 3 is 2.91 bits per heavy atom. The van der Waals surface area contributed by atoms with Crippen LogP contribution in [0.2, 0.25) is 0 Å². The van der Waals surface area contributed by atoms with Crippen LogP contribution in [0.3, 0.4) is 0 Å². The molecule has 0 aliphatic carbocycles. The topological polar surface area (TPSA) is 179 Å². The molecule has 0 radical (unpaired) electrons. The van der Waals surface area contributed by atoms with Crippen LogP contribution in [0, 0.1) is 0 Å². The van der Waals surface area contributed by atoms with Gasteiger partial charge in [-0.3, -0.25) is 9.69 Å². The zero-order valence-corrected chi connectivity index (χ0v) is 17.1. The van der Waals surface area contributed by atoms with E-state index in [1.165, 1.54) is 18.0 Å². The first-order valence-electron chi connectivity index (χ1n) is 9.61. The zero-order valence-electron chi connectivity index (χ0n) is 17.1. The van der Waals surface area contributed by atoms with E-state index in [4.69, 9.17) is 15.2 Å². The Labute approximate surface area is 181 Å². The molecule has 14 heteroatoms. The largest absolute Gasteiger partial charge is 0.504 e. The predicted molar refractivity (Wildman–Crippen MR) is 109 cm³/mol. The van der Waals surface area contributed by atoms with E-state index in [0.717, 1.165) is 0 Å². The number of phenolic OH excluding ortho intramolecular Hbond substituents is 1. The number of amides is 1. The number of nitrogens with two attached hydrogens (primary N) is 1. The number of carbonyl (C=O) groups excluding carboxylic acids is 1. The van der Waals surface area contributed by atoms with E-state index in [-0.39, 0.29) is 28.8 Å². The van der Waals surface area contributed by atoms with Gasteiger partial charge in [0.15, 0.2) is 17.2 Å². The number of methoxy groups -OCH3 is 1. The molecule has 0 atom stereocenters. The molecule has 1 amide bonds. The molecule has 14 nitrogen and oxygen atoms in total. The highest BCUT2D eigenvalue weighted by Gasteiger charge is 2.26. The predicted octanol–water partition coefficient (Wildman–Crippen LogP) is -0.457. The maximum Gasteiger partial charge on any atom is 0.293 e. The fraction of sp³-hybridized carbons (Fsp3) is 0.333. The Bertz CT molecular complexity index is 1120. The lowest BCUT2D eigenvalue weighted by atomic mass is 10.2. The van der Waals surface area contributed by atoms with Crippen LogP contribution in [-0.4, -0.2) is 80.8 Å². The average molecular weight is 443 g/mol. The van der Waals surface area contributed by atoms with Crippen molar-refractivity contribution in [2.75, 3.05) is 39.1 Å². The van der Waals surface area contributed by atoms with Gasteiger partial charge in [-0.25, -0.2) is 10.1 Å². The summed E-state index contributed by atoms with van der Waals surface area (Å²) in [7, 11) is 1.44. The molecule has 4 rings (SSSR count). The number of benzene rings is 1. The monoisotopic (exact) mass is 443 g/mol. The highest BCUT2D eigenvalue weighted by molar-refractivity contribution is 5.94. The number of nitrogens with one attached hydrogen (secondary N) is 1. The molecule has 1 fully saturated rings. The van der Waals surface area contributed by atoms with Crippen molar-refractivity contribution < 1.29 is 24.0 Å². The van der Waals surface area contributed by atoms with Crippen molar-refractivity contribution in [3.63, 3.8) is 0 Å². The smallest absolute Gasteiger partial charge is 0.293 e. The average Bonchev–Trinajstić information content (AvgIpc) is 3.41. The van der Waals surface area contributed by atoms with Crippen molar-refractivity contribution >= 4 is 17.9 Å². The van der Waals surface area contributed by atoms with Crippen LogP contribution in [0.25, 0.3) is 5.82 Å². The number of hydrogen-bond acceptors (Lipinski definition) is 12. The zero-order chi connectivity index (χ0) is 22.5. The summed E-state index contributed by atoms with van der Waals surface area (Å²) in [6, 6.07) is 4.91. The van der Waals surface area contributed by atoms with Gasteiger partial charge < -0.3 is 20.3 Å². The standard InChI is InChI=1S/C18H21N9O5/c1-30-13-4-2-3-11(15(13)28)9-20-22-18(29)14-12(10-26-5-7-31-8-6-26)27(25-21-14)17-16(19)23-32-24-17/h2-4,9,28H,5-8,10H2,1H3,(H2,19,23)(H,22,29)/b20-9-. The molecule has 32 heavy (non-hydrogen) atoms. The molecule has 1 aliphatic heterocycles. The lowest BCUT2D eigenvalue weighted by Crippen LogP contribution is -2.37. The summed E-state index contributed by atoms with van der Waals surface area (Å²) in [5, 5.41) is 29.3. The van der Waals surface area contributed by atoms with Crippen LogP contribution in [0.1, 0.15) is 21.7 Å². The van der Waals surface area contributed by atoms with E-state index < -0.39 is 5.91 Å². The first-order valence-corrected chi connectivity index (χ1v) is 9.61. The number of hydrazone groups is 1. The fourth-order valence-electron chi connectivity index (χ4n) is 3.12. The summed E-state index contributed by atoms with van der Waals surface area (Å²) in [6.07, 6.45) is 1.29. The van der Waals surface area contributed by atoms with Crippen molar-refractivity contribution in [1.29, 1.82) is 0 Å². The summed E-state index contributed by atoms with van der Waals surface area (Å²) in [5.74, 6) is -0.273. The highest BCUT2D eigenvalue weighted by Crippen LogP contribution is 2.28. The summed E-state index contributed by atoms with van der Waals surface area (Å²) < 4.78 is 16.4. The highest BCUT2D eigenvalue weighted by atomic mass is 16.6. The van der Waals surface area contributed by atoms with Gasteiger partial charge >= 0.3 is 0 Å². The molecule has 1 aromatic carbocycles. The second kappa shape index (κ2) is 9.40. The molecule has 3 heterocycles. The van der Waals surface area contributed by atoms with Gasteiger partial charge in [0.25, 0.3) is 5.91 Å². The number of rotatable bonds is 7. The number of aromatic hydroxyl groups is 1. The van der Waals surface area contributed by atoms with Crippen molar-refractivity contribution in [2.24, 2.45) is 5.10 Å². The molecule has 1 saturated heterocycles. The Kier molecular flexibility index (Phi) is 6.23. The number of ether oxygens (including phenoxy) is 2. The normalized spacial score (nSPS) is 14.7. The molecular formula is C18H21N9O5. The van der Waals surface area contributed by atoms with Crippen molar-refractivity contribution in [3.8, 4) is 17.3 Å². The minimum absolute atomic E-state index is 0.0107. The van der Waals surface area contributed by atoms with Gasteiger partial charge in [0.2, 0.25) is 11.6 Å². The van der Waals surface area contributed by atoms with Gasteiger partial charge in [0.05, 0.1) is 32.2 Å². The van der Waals surface area contributed by atoms with Gasteiger partial charge in [-0.15, -0.1) is 5.10 Å². The number of morpholine rings is 1. The lowest BCUT2D eigenvalue weighted by Gasteiger charge is -2.26. The molecule has 1 aliphatic rings. The Morgan fingerprint density at radius 1 is 1.38 bits per heavy atom. The fourth-order valence-corrected chi connectivity index (χ4v) is 3.12. The third kappa shape index (κ3) is 4.35. The van der Waals surface area contributed by atoms with E-state index in [1.807, 2.05) is 0 Å². The number of nitrogens with zero attached hydrogens (tertiary/aromatic N) is 7.